The van der Waals surface area contributed by atoms with Gasteiger partial charge >= 0.3 is 0 Å². The SMILES string of the molecule is O=C(NC1CC(c2ccc(Cl)c(Cl)c2)C1)c1cccc(=O)[nH]1. The number of carbonyl (C=O) groups excluding carboxylic acids is 1. The van der Waals surface area contributed by atoms with Gasteiger partial charge in [-0.1, -0.05) is 35.3 Å². The lowest BCUT2D eigenvalue weighted by molar-refractivity contribution is 0.0903. The Morgan fingerprint density at radius 2 is 1.91 bits per heavy atom. The molecule has 0 bridgehead atoms. The van der Waals surface area contributed by atoms with Gasteiger partial charge in [0.1, 0.15) is 5.69 Å². The Labute approximate surface area is 137 Å². The fraction of sp³-hybridized carbons (Fsp3) is 0.250. The van der Waals surface area contributed by atoms with Crippen molar-refractivity contribution < 1.29 is 4.79 Å². The molecule has 0 unspecified atom stereocenters. The lowest BCUT2D eigenvalue weighted by Crippen LogP contribution is -2.43. The summed E-state index contributed by atoms with van der Waals surface area (Å²) in [6, 6.07) is 10.3. The summed E-state index contributed by atoms with van der Waals surface area (Å²) in [6.45, 7) is 0. The van der Waals surface area contributed by atoms with Gasteiger partial charge in [0.25, 0.3) is 5.91 Å². The molecule has 0 atom stereocenters. The molecule has 0 spiro atoms. The van der Waals surface area contributed by atoms with E-state index in [0.717, 1.165) is 18.4 Å². The number of hydrogen-bond acceptors (Lipinski definition) is 2. The second-order valence-corrected chi connectivity index (χ2v) is 6.26. The standard InChI is InChI=1S/C16H14Cl2N2O2/c17-12-5-4-9(8-13(12)18)10-6-11(7-10)19-16(22)14-2-1-3-15(21)20-14/h1-5,8,10-11H,6-7H2,(H,19,22)(H,20,21). The molecular formula is C16H14Cl2N2O2. The van der Waals surface area contributed by atoms with Crippen LogP contribution in [-0.4, -0.2) is 16.9 Å². The van der Waals surface area contributed by atoms with E-state index >= 15 is 0 Å². The van der Waals surface area contributed by atoms with Gasteiger partial charge in [0.15, 0.2) is 0 Å². The molecule has 1 amide bonds. The number of H-pyrrole nitrogens is 1. The average Bonchev–Trinajstić information content (AvgIpc) is 2.45. The topological polar surface area (TPSA) is 62.0 Å². The Morgan fingerprint density at radius 1 is 1.14 bits per heavy atom. The largest absolute Gasteiger partial charge is 0.348 e. The third-order valence-corrected chi connectivity index (χ3v) is 4.64. The molecule has 22 heavy (non-hydrogen) atoms. The number of carbonyl (C=O) groups is 1. The van der Waals surface area contributed by atoms with Crippen molar-refractivity contribution in [3.8, 4) is 0 Å². The summed E-state index contributed by atoms with van der Waals surface area (Å²) in [5.41, 5.74) is 1.13. The van der Waals surface area contributed by atoms with Crippen LogP contribution in [-0.2, 0) is 0 Å². The van der Waals surface area contributed by atoms with E-state index in [0.29, 0.717) is 16.0 Å². The minimum absolute atomic E-state index is 0.107. The number of amides is 1. The fourth-order valence-electron chi connectivity index (χ4n) is 2.62. The highest BCUT2D eigenvalue weighted by Gasteiger charge is 2.31. The number of pyridine rings is 1. The third kappa shape index (κ3) is 3.18. The number of aromatic nitrogens is 1. The van der Waals surface area contributed by atoms with Crippen LogP contribution in [0.1, 0.15) is 34.8 Å². The van der Waals surface area contributed by atoms with Crippen LogP contribution in [0.15, 0.2) is 41.2 Å². The van der Waals surface area contributed by atoms with Crippen molar-refractivity contribution in [1.82, 2.24) is 10.3 Å². The molecule has 1 aromatic carbocycles. The monoisotopic (exact) mass is 336 g/mol. The first-order chi connectivity index (χ1) is 10.5. The van der Waals surface area contributed by atoms with Gasteiger partial charge in [-0.25, -0.2) is 0 Å². The molecule has 0 radical (unpaired) electrons. The van der Waals surface area contributed by atoms with E-state index in [-0.39, 0.29) is 23.2 Å². The van der Waals surface area contributed by atoms with Crippen LogP contribution in [0.25, 0.3) is 0 Å². The van der Waals surface area contributed by atoms with Gasteiger partial charge in [-0.05, 0) is 42.5 Å². The highest BCUT2D eigenvalue weighted by molar-refractivity contribution is 6.42. The van der Waals surface area contributed by atoms with Crippen molar-refractivity contribution in [2.24, 2.45) is 0 Å². The minimum Gasteiger partial charge on any atom is -0.348 e. The Balaban J connectivity index is 1.58. The molecular weight excluding hydrogens is 323 g/mol. The van der Waals surface area contributed by atoms with Gasteiger partial charge in [0.2, 0.25) is 5.56 Å². The van der Waals surface area contributed by atoms with E-state index in [4.69, 9.17) is 23.2 Å². The van der Waals surface area contributed by atoms with Crippen molar-refractivity contribution in [3.63, 3.8) is 0 Å². The summed E-state index contributed by atoms with van der Waals surface area (Å²) in [5, 5.41) is 4.01. The van der Waals surface area contributed by atoms with Crippen LogP contribution in [0.2, 0.25) is 10.0 Å². The Bertz CT molecular complexity index is 767. The second kappa shape index (κ2) is 6.15. The van der Waals surface area contributed by atoms with Gasteiger partial charge in [-0.15, -0.1) is 0 Å². The molecule has 0 saturated heterocycles. The molecule has 1 aromatic heterocycles. The van der Waals surface area contributed by atoms with Crippen molar-refractivity contribution in [2.45, 2.75) is 24.8 Å². The van der Waals surface area contributed by atoms with E-state index in [1.54, 1.807) is 18.2 Å². The summed E-state index contributed by atoms with van der Waals surface area (Å²) < 4.78 is 0. The number of halogens is 2. The van der Waals surface area contributed by atoms with E-state index in [1.807, 2.05) is 12.1 Å². The van der Waals surface area contributed by atoms with Gasteiger partial charge in [0, 0.05) is 12.1 Å². The van der Waals surface area contributed by atoms with Crippen molar-refractivity contribution in [1.29, 1.82) is 0 Å². The van der Waals surface area contributed by atoms with Gasteiger partial charge in [0.05, 0.1) is 10.0 Å². The number of nitrogens with one attached hydrogen (secondary N) is 2. The zero-order valence-corrected chi connectivity index (χ0v) is 13.1. The first kappa shape index (κ1) is 15.1. The number of benzene rings is 1. The Kier molecular flexibility index (Phi) is 4.23. The summed E-state index contributed by atoms with van der Waals surface area (Å²) in [5.74, 6) is 0.116. The van der Waals surface area contributed by atoms with Crippen LogP contribution < -0.4 is 10.9 Å². The maximum atomic E-state index is 12.0. The zero-order valence-electron chi connectivity index (χ0n) is 11.6. The van der Waals surface area contributed by atoms with E-state index in [2.05, 4.69) is 10.3 Å². The third-order valence-electron chi connectivity index (χ3n) is 3.90. The summed E-state index contributed by atoms with van der Waals surface area (Å²) in [7, 11) is 0. The van der Waals surface area contributed by atoms with E-state index in [1.165, 1.54) is 6.07 Å². The molecule has 0 aliphatic heterocycles. The van der Waals surface area contributed by atoms with Crippen LogP contribution in [0.5, 0.6) is 0 Å². The van der Waals surface area contributed by atoms with Gasteiger partial charge < -0.3 is 10.3 Å². The molecule has 4 nitrogen and oxygen atoms in total. The van der Waals surface area contributed by atoms with Crippen LogP contribution in [0, 0.1) is 0 Å². The fourth-order valence-corrected chi connectivity index (χ4v) is 2.92. The molecule has 3 rings (SSSR count). The molecule has 1 aliphatic carbocycles. The minimum atomic E-state index is -0.282. The zero-order chi connectivity index (χ0) is 15.7. The molecule has 1 aliphatic rings. The molecule has 114 valence electrons. The predicted octanol–water partition coefficient (Wildman–Crippen LogP) is 3.36. The molecule has 6 heteroatoms. The first-order valence-electron chi connectivity index (χ1n) is 6.98. The molecule has 1 heterocycles. The average molecular weight is 337 g/mol. The summed E-state index contributed by atoms with van der Waals surface area (Å²) in [6.07, 6.45) is 1.70. The Morgan fingerprint density at radius 3 is 2.59 bits per heavy atom. The highest BCUT2D eigenvalue weighted by Crippen LogP contribution is 2.38. The number of aromatic amines is 1. The van der Waals surface area contributed by atoms with Crippen LogP contribution in [0.3, 0.4) is 0 Å². The van der Waals surface area contributed by atoms with Gasteiger partial charge in [-0.3, -0.25) is 9.59 Å². The summed E-state index contributed by atoms with van der Waals surface area (Å²) >= 11 is 11.9. The van der Waals surface area contributed by atoms with E-state index < -0.39 is 0 Å². The molecule has 1 saturated carbocycles. The van der Waals surface area contributed by atoms with Crippen LogP contribution in [0.4, 0.5) is 0 Å². The van der Waals surface area contributed by atoms with Crippen LogP contribution >= 0.6 is 23.2 Å². The molecule has 2 N–H and O–H groups in total. The summed E-state index contributed by atoms with van der Waals surface area (Å²) in [4.78, 5) is 25.7. The molecule has 2 aromatic rings. The highest BCUT2D eigenvalue weighted by atomic mass is 35.5. The predicted molar refractivity (Wildman–Crippen MR) is 86.8 cm³/mol. The van der Waals surface area contributed by atoms with Crippen molar-refractivity contribution in [2.75, 3.05) is 0 Å². The lowest BCUT2D eigenvalue weighted by atomic mass is 9.76. The number of rotatable bonds is 3. The van der Waals surface area contributed by atoms with Crippen molar-refractivity contribution >= 4 is 29.1 Å². The van der Waals surface area contributed by atoms with E-state index in [9.17, 15) is 9.59 Å². The maximum Gasteiger partial charge on any atom is 0.268 e. The first-order valence-corrected chi connectivity index (χ1v) is 7.73. The second-order valence-electron chi connectivity index (χ2n) is 5.44. The van der Waals surface area contributed by atoms with Crippen molar-refractivity contribution in [3.05, 3.63) is 68.1 Å². The normalized spacial score (nSPS) is 20.3. The maximum absolute atomic E-state index is 12.0. The lowest BCUT2D eigenvalue weighted by Gasteiger charge is -2.36. The number of hydrogen-bond donors (Lipinski definition) is 2. The van der Waals surface area contributed by atoms with Gasteiger partial charge in [-0.2, -0.15) is 0 Å². The molecule has 1 fully saturated rings. The Hall–Kier alpha value is -1.78. The smallest absolute Gasteiger partial charge is 0.268 e. The quantitative estimate of drug-likeness (QED) is 0.902.